The van der Waals surface area contributed by atoms with Crippen molar-refractivity contribution < 1.29 is 13.2 Å². The molecule has 0 aliphatic rings. The molecule has 0 bridgehead atoms. The van der Waals surface area contributed by atoms with Crippen molar-refractivity contribution >= 4 is 15.7 Å². The number of aryl methyl sites for hydroxylation is 1. The first kappa shape index (κ1) is 16.4. The van der Waals surface area contributed by atoms with Crippen LogP contribution < -0.4 is 0 Å². The first-order valence-corrected chi connectivity index (χ1v) is 8.16. The predicted molar refractivity (Wildman–Crippen MR) is 80.3 cm³/mol. The molecule has 5 heteroatoms. The molecule has 0 aromatic heterocycles. The maximum absolute atomic E-state index is 12.2. The molecule has 1 amide bonds. The van der Waals surface area contributed by atoms with E-state index < -0.39 is 9.84 Å². The summed E-state index contributed by atoms with van der Waals surface area (Å²) in [6.45, 7) is 8.04. The van der Waals surface area contributed by atoms with Gasteiger partial charge >= 0.3 is 0 Å². The zero-order valence-electron chi connectivity index (χ0n) is 12.2. The van der Waals surface area contributed by atoms with E-state index in [0.717, 1.165) is 12.0 Å². The number of carbonyl (C=O) groups excluding carboxylic acids is 1. The van der Waals surface area contributed by atoms with Crippen LogP contribution in [0.25, 0.3) is 0 Å². The summed E-state index contributed by atoms with van der Waals surface area (Å²) in [6, 6.07) is 6.58. The van der Waals surface area contributed by atoms with E-state index in [1.165, 1.54) is 4.90 Å². The third-order valence-corrected chi connectivity index (χ3v) is 4.67. The fourth-order valence-electron chi connectivity index (χ4n) is 1.83. The largest absolute Gasteiger partial charge is 0.342 e. The zero-order valence-corrected chi connectivity index (χ0v) is 13.0. The second kappa shape index (κ2) is 6.70. The average Bonchev–Trinajstić information content (AvgIpc) is 2.38. The van der Waals surface area contributed by atoms with Crippen LogP contribution in [0.4, 0.5) is 0 Å². The van der Waals surface area contributed by atoms with Crippen molar-refractivity contribution in [1.29, 1.82) is 0 Å². The summed E-state index contributed by atoms with van der Waals surface area (Å²) in [4.78, 5) is 13.7. The first-order chi connectivity index (χ1) is 9.27. The highest BCUT2D eigenvalue weighted by molar-refractivity contribution is 7.91. The van der Waals surface area contributed by atoms with Gasteiger partial charge in [-0.1, -0.05) is 31.2 Å². The molecule has 0 aliphatic heterocycles. The summed E-state index contributed by atoms with van der Waals surface area (Å²) in [5, 5.41) is 0. The maximum atomic E-state index is 12.2. The van der Waals surface area contributed by atoms with Crippen molar-refractivity contribution in [3.63, 3.8) is 0 Å². The maximum Gasteiger partial charge on any atom is 0.249 e. The lowest BCUT2D eigenvalue weighted by atomic mass is 10.2. The van der Waals surface area contributed by atoms with E-state index in [4.69, 9.17) is 0 Å². The lowest BCUT2D eigenvalue weighted by Crippen LogP contribution is -2.30. The molecule has 0 saturated carbocycles. The van der Waals surface area contributed by atoms with E-state index in [9.17, 15) is 13.2 Å². The quantitative estimate of drug-likeness (QED) is 0.756. The van der Waals surface area contributed by atoms with Crippen LogP contribution in [-0.4, -0.2) is 38.6 Å². The fourth-order valence-corrected chi connectivity index (χ4v) is 3.13. The lowest BCUT2D eigenvalue weighted by molar-refractivity contribution is -0.125. The number of hydrogen-bond acceptors (Lipinski definition) is 3. The van der Waals surface area contributed by atoms with Crippen molar-refractivity contribution in [3.05, 3.63) is 42.0 Å². The van der Waals surface area contributed by atoms with E-state index in [0.29, 0.717) is 6.54 Å². The second-order valence-electron chi connectivity index (χ2n) is 4.90. The molecular weight excluding hydrogens is 274 g/mol. The minimum absolute atomic E-state index is 0.0986. The van der Waals surface area contributed by atoms with Gasteiger partial charge in [0.2, 0.25) is 5.91 Å². The first-order valence-electron chi connectivity index (χ1n) is 6.50. The summed E-state index contributed by atoms with van der Waals surface area (Å²) < 4.78 is 24.4. The number of likely N-dealkylation sites (N-methyl/N-ethyl adjacent to an activating group) is 1. The molecule has 0 radical (unpaired) electrons. The monoisotopic (exact) mass is 295 g/mol. The van der Waals surface area contributed by atoms with Gasteiger partial charge in [-0.25, -0.2) is 8.42 Å². The molecule has 110 valence electrons. The summed E-state index contributed by atoms with van der Waals surface area (Å²) in [6.07, 6.45) is 0.820. The Kier molecular flexibility index (Phi) is 5.51. The van der Waals surface area contributed by atoms with Crippen LogP contribution in [-0.2, 0) is 14.6 Å². The highest BCUT2D eigenvalue weighted by atomic mass is 32.2. The summed E-state index contributed by atoms with van der Waals surface area (Å²) in [7, 11) is -1.87. The van der Waals surface area contributed by atoms with Crippen molar-refractivity contribution in [2.24, 2.45) is 0 Å². The Hall–Kier alpha value is -1.62. The van der Waals surface area contributed by atoms with Crippen molar-refractivity contribution in [1.82, 2.24) is 4.90 Å². The number of nitrogens with zero attached hydrogens (tertiary/aromatic N) is 1. The average molecular weight is 295 g/mol. The molecule has 0 saturated heterocycles. The molecule has 0 spiro atoms. The van der Waals surface area contributed by atoms with Crippen LogP contribution in [0.3, 0.4) is 0 Å². The Morgan fingerprint density at radius 2 is 1.80 bits per heavy atom. The molecule has 0 N–H and O–H groups in total. The Labute approximate surface area is 121 Å². The Balaban J connectivity index is 2.83. The minimum atomic E-state index is -3.52. The predicted octanol–water partition coefficient (Wildman–Crippen LogP) is 2.19. The molecule has 1 aromatic rings. The van der Waals surface area contributed by atoms with Gasteiger partial charge in [-0.2, -0.15) is 0 Å². The molecule has 0 atom stereocenters. The molecule has 0 aliphatic carbocycles. The van der Waals surface area contributed by atoms with Gasteiger partial charge < -0.3 is 4.90 Å². The van der Waals surface area contributed by atoms with Crippen molar-refractivity contribution in [3.8, 4) is 0 Å². The third kappa shape index (κ3) is 4.20. The smallest absolute Gasteiger partial charge is 0.249 e. The SMILES string of the molecule is C=C(CS(=O)(=O)c1ccc(C)cc1)C(=O)N(C)CCC. The summed E-state index contributed by atoms with van der Waals surface area (Å²) >= 11 is 0. The Morgan fingerprint density at radius 3 is 2.30 bits per heavy atom. The van der Waals surface area contributed by atoms with Crippen molar-refractivity contribution in [2.45, 2.75) is 25.2 Å². The van der Waals surface area contributed by atoms with Crippen LogP contribution in [0, 0.1) is 6.92 Å². The highest BCUT2D eigenvalue weighted by Crippen LogP contribution is 2.15. The van der Waals surface area contributed by atoms with E-state index in [1.54, 1.807) is 31.3 Å². The topological polar surface area (TPSA) is 54.5 Å². The molecule has 1 rings (SSSR count). The number of amides is 1. The van der Waals surface area contributed by atoms with Crippen LogP contribution in [0.15, 0.2) is 41.3 Å². The number of carbonyl (C=O) groups is 1. The van der Waals surface area contributed by atoms with E-state index in [2.05, 4.69) is 6.58 Å². The molecule has 0 fully saturated rings. The lowest BCUT2D eigenvalue weighted by Gasteiger charge is -2.17. The third-order valence-electron chi connectivity index (χ3n) is 2.95. The van der Waals surface area contributed by atoms with E-state index >= 15 is 0 Å². The van der Waals surface area contributed by atoms with Crippen LogP contribution in [0.2, 0.25) is 0 Å². The van der Waals surface area contributed by atoms with Crippen LogP contribution in [0.1, 0.15) is 18.9 Å². The van der Waals surface area contributed by atoms with Gasteiger partial charge in [-0.3, -0.25) is 4.79 Å². The van der Waals surface area contributed by atoms with Gasteiger partial charge in [0, 0.05) is 19.2 Å². The fraction of sp³-hybridized carbons (Fsp3) is 0.400. The number of sulfone groups is 1. The van der Waals surface area contributed by atoms with Gasteiger partial charge in [-0.15, -0.1) is 0 Å². The number of benzene rings is 1. The Bertz CT molecular complexity index is 588. The number of hydrogen-bond donors (Lipinski definition) is 0. The molecular formula is C15H21NO3S. The van der Waals surface area contributed by atoms with Gasteiger partial charge in [-0.05, 0) is 25.5 Å². The summed E-state index contributed by atoms with van der Waals surface area (Å²) in [5.74, 6) is -0.661. The standard InChI is InChI=1S/C15H21NO3S/c1-5-10-16(4)15(17)13(3)11-20(18,19)14-8-6-12(2)7-9-14/h6-9H,3,5,10-11H2,1-2,4H3. The van der Waals surface area contributed by atoms with Gasteiger partial charge in [0.15, 0.2) is 9.84 Å². The zero-order chi connectivity index (χ0) is 15.3. The molecule has 20 heavy (non-hydrogen) atoms. The highest BCUT2D eigenvalue weighted by Gasteiger charge is 2.21. The van der Waals surface area contributed by atoms with Gasteiger partial charge in [0.05, 0.1) is 10.6 Å². The molecule has 0 heterocycles. The molecule has 4 nitrogen and oxygen atoms in total. The molecule has 0 unspecified atom stereocenters. The Morgan fingerprint density at radius 1 is 1.25 bits per heavy atom. The summed E-state index contributed by atoms with van der Waals surface area (Å²) in [5.41, 5.74) is 1.09. The normalized spacial score (nSPS) is 11.2. The van der Waals surface area contributed by atoms with Gasteiger partial charge in [0.25, 0.3) is 0 Å². The van der Waals surface area contributed by atoms with Crippen molar-refractivity contribution in [2.75, 3.05) is 19.3 Å². The second-order valence-corrected chi connectivity index (χ2v) is 6.89. The van der Waals surface area contributed by atoms with E-state index in [1.807, 2.05) is 13.8 Å². The minimum Gasteiger partial charge on any atom is -0.342 e. The number of rotatable bonds is 6. The van der Waals surface area contributed by atoms with Gasteiger partial charge in [0.1, 0.15) is 0 Å². The van der Waals surface area contributed by atoms with E-state index in [-0.39, 0.29) is 22.1 Å². The van der Waals surface area contributed by atoms with Crippen LogP contribution in [0.5, 0.6) is 0 Å². The molecule has 1 aromatic carbocycles. The van der Waals surface area contributed by atoms with Crippen LogP contribution >= 0.6 is 0 Å².